The van der Waals surface area contributed by atoms with Crippen LogP contribution in [0.5, 0.6) is 5.75 Å². The topological polar surface area (TPSA) is 18.5 Å². The van der Waals surface area contributed by atoms with E-state index in [1.54, 1.807) is 0 Å². The fourth-order valence-corrected chi connectivity index (χ4v) is 2.47. The Morgan fingerprint density at radius 1 is 1.00 bits per heavy atom. The molecule has 1 aliphatic carbocycles. The molecule has 21 heavy (non-hydrogen) atoms. The van der Waals surface area contributed by atoms with E-state index in [0.717, 1.165) is 0 Å². The lowest BCUT2D eigenvalue weighted by Gasteiger charge is -2.32. The molecule has 0 saturated heterocycles. The Morgan fingerprint density at radius 2 is 1.52 bits per heavy atom. The van der Waals surface area contributed by atoms with Crippen molar-refractivity contribution in [2.45, 2.75) is 37.9 Å². The van der Waals surface area contributed by atoms with Crippen molar-refractivity contribution in [3.63, 3.8) is 0 Å². The first-order valence-corrected chi connectivity index (χ1v) is 6.57. The second-order valence-electron chi connectivity index (χ2n) is 5.07. The van der Waals surface area contributed by atoms with Gasteiger partial charge in [-0.2, -0.15) is 8.78 Å². The van der Waals surface area contributed by atoms with Crippen molar-refractivity contribution >= 4 is 0 Å². The molecule has 0 N–H and O–H groups in total. The molecule has 0 radical (unpaired) electrons. The molecule has 0 aliphatic heterocycles. The largest absolute Gasteiger partial charge is 0.432 e. The highest BCUT2D eigenvalue weighted by Gasteiger charge is 2.44. The lowest BCUT2D eigenvalue weighted by Crippen LogP contribution is -2.38. The van der Waals surface area contributed by atoms with Crippen LogP contribution >= 0.6 is 0 Å². The molecular formula is C14H15F5O2. The number of hydrogen-bond acceptors (Lipinski definition) is 2. The average molecular weight is 310 g/mol. The summed E-state index contributed by atoms with van der Waals surface area (Å²) in [6, 6.07) is 0.820. The fourth-order valence-electron chi connectivity index (χ4n) is 2.47. The van der Waals surface area contributed by atoms with Crippen molar-refractivity contribution in [2.24, 2.45) is 5.92 Å². The molecule has 1 saturated carbocycles. The number of methoxy groups -OCH3 is 1. The molecule has 0 amide bonds. The third kappa shape index (κ3) is 3.64. The standard InChI is InChI=1S/C14H15F5O2/c1-20-9-4-2-8(3-5-9)14(18,19)21-10-6-11(15)13(17)12(16)7-10/h6-9H,2-5H2,1H3. The van der Waals surface area contributed by atoms with Crippen molar-refractivity contribution in [2.75, 3.05) is 7.11 Å². The van der Waals surface area contributed by atoms with E-state index in [2.05, 4.69) is 4.74 Å². The molecule has 0 aromatic heterocycles. The van der Waals surface area contributed by atoms with Gasteiger partial charge >= 0.3 is 6.11 Å². The molecule has 0 heterocycles. The van der Waals surface area contributed by atoms with Crippen LogP contribution in [0.4, 0.5) is 22.0 Å². The molecule has 118 valence electrons. The number of rotatable bonds is 4. The van der Waals surface area contributed by atoms with E-state index in [-0.39, 0.29) is 18.9 Å². The maximum atomic E-state index is 14.0. The van der Waals surface area contributed by atoms with Crippen LogP contribution in [0, 0.1) is 23.4 Å². The van der Waals surface area contributed by atoms with Gasteiger partial charge in [-0.3, -0.25) is 0 Å². The van der Waals surface area contributed by atoms with Crippen molar-refractivity contribution in [1.29, 1.82) is 0 Å². The maximum Gasteiger partial charge on any atom is 0.400 e. The molecular weight excluding hydrogens is 295 g/mol. The van der Waals surface area contributed by atoms with Crippen LogP contribution in [0.1, 0.15) is 25.7 Å². The first-order chi connectivity index (χ1) is 9.83. The van der Waals surface area contributed by atoms with Gasteiger partial charge in [0.25, 0.3) is 0 Å². The first kappa shape index (κ1) is 16.0. The molecule has 7 heteroatoms. The van der Waals surface area contributed by atoms with E-state index < -0.39 is 35.2 Å². The average Bonchev–Trinajstić information content (AvgIpc) is 2.44. The normalized spacial score (nSPS) is 23.1. The van der Waals surface area contributed by atoms with Crippen LogP contribution in [-0.2, 0) is 4.74 Å². The molecule has 1 aromatic carbocycles. The van der Waals surface area contributed by atoms with Gasteiger partial charge < -0.3 is 9.47 Å². The minimum atomic E-state index is -3.57. The fraction of sp³-hybridized carbons (Fsp3) is 0.571. The molecule has 2 rings (SSSR count). The lowest BCUT2D eigenvalue weighted by atomic mass is 9.86. The molecule has 1 aromatic rings. The van der Waals surface area contributed by atoms with Crippen LogP contribution in [0.3, 0.4) is 0 Å². The monoisotopic (exact) mass is 310 g/mol. The zero-order valence-electron chi connectivity index (χ0n) is 11.3. The summed E-state index contributed by atoms with van der Waals surface area (Å²) >= 11 is 0. The van der Waals surface area contributed by atoms with Gasteiger partial charge in [0.1, 0.15) is 5.75 Å². The van der Waals surface area contributed by atoms with Gasteiger partial charge in [-0.25, -0.2) is 13.2 Å². The van der Waals surface area contributed by atoms with Gasteiger partial charge in [0.05, 0.1) is 12.0 Å². The molecule has 1 fully saturated rings. The molecule has 0 atom stereocenters. The minimum absolute atomic E-state index is 0.0576. The Hall–Kier alpha value is -1.37. The van der Waals surface area contributed by atoms with Crippen molar-refractivity contribution in [1.82, 2.24) is 0 Å². The number of alkyl halides is 2. The summed E-state index contributed by atoms with van der Waals surface area (Å²) in [4.78, 5) is 0. The predicted molar refractivity (Wildman–Crippen MR) is 64.6 cm³/mol. The lowest BCUT2D eigenvalue weighted by molar-refractivity contribution is -0.225. The smallest absolute Gasteiger partial charge is 0.400 e. The highest BCUT2D eigenvalue weighted by molar-refractivity contribution is 5.25. The van der Waals surface area contributed by atoms with E-state index in [9.17, 15) is 22.0 Å². The number of benzene rings is 1. The Balaban J connectivity index is 2.07. The van der Waals surface area contributed by atoms with Crippen LogP contribution < -0.4 is 4.74 Å². The van der Waals surface area contributed by atoms with Crippen LogP contribution in [0.2, 0.25) is 0 Å². The van der Waals surface area contributed by atoms with Crippen molar-refractivity contribution in [3.8, 4) is 5.75 Å². The van der Waals surface area contributed by atoms with Crippen molar-refractivity contribution in [3.05, 3.63) is 29.6 Å². The summed E-state index contributed by atoms with van der Waals surface area (Å²) in [5.74, 6) is -6.65. The molecule has 2 nitrogen and oxygen atoms in total. The van der Waals surface area contributed by atoms with Gasteiger partial charge in [-0.05, 0) is 25.7 Å². The highest BCUT2D eigenvalue weighted by atomic mass is 19.3. The summed E-state index contributed by atoms with van der Waals surface area (Å²) in [5, 5.41) is 0. The van der Waals surface area contributed by atoms with E-state index in [4.69, 9.17) is 4.74 Å². The van der Waals surface area contributed by atoms with E-state index in [0.29, 0.717) is 25.0 Å². The number of halogens is 5. The first-order valence-electron chi connectivity index (χ1n) is 6.57. The van der Waals surface area contributed by atoms with E-state index in [1.807, 2.05) is 0 Å². The SMILES string of the molecule is COC1CCC(C(F)(F)Oc2cc(F)c(F)c(F)c2)CC1. The molecule has 1 aliphatic rings. The summed E-state index contributed by atoms with van der Waals surface area (Å²) < 4.78 is 76.2. The summed E-state index contributed by atoms with van der Waals surface area (Å²) in [6.07, 6.45) is -2.35. The summed E-state index contributed by atoms with van der Waals surface area (Å²) in [6.45, 7) is 0. The number of ether oxygens (including phenoxy) is 2. The number of hydrogen-bond donors (Lipinski definition) is 0. The third-order valence-corrected chi connectivity index (χ3v) is 3.69. The van der Waals surface area contributed by atoms with Gasteiger partial charge in [-0.1, -0.05) is 0 Å². The minimum Gasteiger partial charge on any atom is -0.432 e. The Bertz CT molecular complexity index is 475. The Labute approximate surface area is 118 Å². The van der Waals surface area contributed by atoms with Crippen LogP contribution in [-0.4, -0.2) is 19.3 Å². The molecule has 0 spiro atoms. The Kier molecular flexibility index (Phi) is 4.70. The summed E-state index contributed by atoms with van der Waals surface area (Å²) in [5.41, 5.74) is 0. The van der Waals surface area contributed by atoms with Crippen LogP contribution in [0.25, 0.3) is 0 Å². The van der Waals surface area contributed by atoms with E-state index >= 15 is 0 Å². The quantitative estimate of drug-likeness (QED) is 0.610. The van der Waals surface area contributed by atoms with Gasteiger partial charge in [-0.15, -0.1) is 0 Å². The predicted octanol–water partition coefficient (Wildman–Crippen LogP) is 4.28. The second kappa shape index (κ2) is 6.17. The van der Waals surface area contributed by atoms with Gasteiger partial charge in [0, 0.05) is 19.2 Å². The van der Waals surface area contributed by atoms with Gasteiger partial charge in [0.15, 0.2) is 17.5 Å². The Morgan fingerprint density at radius 3 is 2.00 bits per heavy atom. The summed E-state index contributed by atoms with van der Waals surface area (Å²) in [7, 11) is 1.52. The van der Waals surface area contributed by atoms with Crippen molar-refractivity contribution < 1.29 is 31.4 Å². The van der Waals surface area contributed by atoms with E-state index in [1.165, 1.54) is 7.11 Å². The molecule has 0 bridgehead atoms. The van der Waals surface area contributed by atoms with Gasteiger partial charge in [0.2, 0.25) is 0 Å². The maximum absolute atomic E-state index is 14.0. The zero-order valence-corrected chi connectivity index (χ0v) is 11.3. The second-order valence-corrected chi connectivity index (χ2v) is 5.07. The highest BCUT2D eigenvalue weighted by Crippen LogP contribution is 2.39. The third-order valence-electron chi connectivity index (χ3n) is 3.69. The molecule has 0 unspecified atom stereocenters. The van der Waals surface area contributed by atoms with Crippen LogP contribution in [0.15, 0.2) is 12.1 Å². The zero-order chi connectivity index (χ0) is 15.6.